The van der Waals surface area contributed by atoms with Crippen molar-refractivity contribution >= 4 is 11.3 Å². The topological polar surface area (TPSA) is 32.9 Å². The standard InChI is InChI=1S/C10H7F2NOS/c1-5-2-8(12)6(3-7(5)11)9-4-15-10(14)13-9/h2-4H,1H3,(H,13,14). The van der Waals surface area contributed by atoms with Crippen molar-refractivity contribution in [2.75, 3.05) is 0 Å². The van der Waals surface area contributed by atoms with Crippen molar-refractivity contribution in [3.63, 3.8) is 0 Å². The first-order valence-electron chi connectivity index (χ1n) is 4.22. The Morgan fingerprint density at radius 3 is 2.60 bits per heavy atom. The predicted molar refractivity (Wildman–Crippen MR) is 55.0 cm³/mol. The van der Waals surface area contributed by atoms with Crippen LogP contribution in [0.25, 0.3) is 11.3 Å². The summed E-state index contributed by atoms with van der Waals surface area (Å²) in [5.41, 5.74) is 0.631. The van der Waals surface area contributed by atoms with Crippen molar-refractivity contribution in [2.24, 2.45) is 0 Å². The summed E-state index contributed by atoms with van der Waals surface area (Å²) in [7, 11) is 0. The van der Waals surface area contributed by atoms with Crippen LogP contribution in [-0.4, -0.2) is 4.98 Å². The highest BCUT2D eigenvalue weighted by Crippen LogP contribution is 2.23. The summed E-state index contributed by atoms with van der Waals surface area (Å²) in [6, 6.07) is 2.20. The highest BCUT2D eigenvalue weighted by Gasteiger charge is 2.10. The van der Waals surface area contributed by atoms with Crippen LogP contribution in [0, 0.1) is 18.6 Å². The van der Waals surface area contributed by atoms with E-state index in [-0.39, 0.29) is 16.0 Å². The molecule has 0 aliphatic heterocycles. The molecule has 2 nitrogen and oxygen atoms in total. The van der Waals surface area contributed by atoms with Gasteiger partial charge in [0.2, 0.25) is 0 Å². The summed E-state index contributed by atoms with van der Waals surface area (Å²) in [5.74, 6) is -1.03. The molecule has 0 saturated heterocycles. The molecule has 0 fully saturated rings. The minimum Gasteiger partial charge on any atom is -0.312 e. The molecule has 2 aromatic rings. The fourth-order valence-electron chi connectivity index (χ4n) is 1.26. The van der Waals surface area contributed by atoms with E-state index in [4.69, 9.17) is 0 Å². The first-order chi connectivity index (χ1) is 7.08. The highest BCUT2D eigenvalue weighted by molar-refractivity contribution is 7.07. The Labute approximate surface area is 88.2 Å². The predicted octanol–water partition coefficient (Wildman–Crippen LogP) is 2.69. The van der Waals surface area contributed by atoms with Gasteiger partial charge in [0.25, 0.3) is 0 Å². The third-order valence-corrected chi connectivity index (χ3v) is 2.73. The average Bonchev–Trinajstić information content (AvgIpc) is 2.58. The van der Waals surface area contributed by atoms with Crippen LogP contribution in [-0.2, 0) is 0 Å². The first kappa shape index (κ1) is 10.0. The van der Waals surface area contributed by atoms with Gasteiger partial charge in [-0.05, 0) is 24.6 Å². The lowest BCUT2D eigenvalue weighted by atomic mass is 10.1. The number of aromatic nitrogens is 1. The largest absolute Gasteiger partial charge is 0.312 e. The number of hydrogen-bond donors (Lipinski definition) is 1. The number of halogens is 2. The normalized spacial score (nSPS) is 10.6. The highest BCUT2D eigenvalue weighted by atomic mass is 32.1. The minimum atomic E-state index is -0.539. The van der Waals surface area contributed by atoms with E-state index in [1.165, 1.54) is 12.3 Å². The van der Waals surface area contributed by atoms with Crippen molar-refractivity contribution in [3.05, 3.63) is 44.4 Å². The van der Waals surface area contributed by atoms with Crippen LogP contribution >= 0.6 is 11.3 Å². The van der Waals surface area contributed by atoms with Gasteiger partial charge in [-0.1, -0.05) is 11.3 Å². The molecule has 1 aromatic heterocycles. The fourth-order valence-corrected chi connectivity index (χ4v) is 1.84. The first-order valence-corrected chi connectivity index (χ1v) is 5.09. The minimum absolute atomic E-state index is 0.0800. The molecular formula is C10H7F2NOS. The van der Waals surface area contributed by atoms with Crippen LogP contribution in [0.3, 0.4) is 0 Å². The maximum atomic E-state index is 13.4. The summed E-state index contributed by atoms with van der Waals surface area (Å²) in [4.78, 5) is 13.0. The molecule has 0 atom stereocenters. The molecule has 78 valence electrons. The fraction of sp³-hybridized carbons (Fsp3) is 0.100. The number of hydrogen-bond acceptors (Lipinski definition) is 2. The number of aryl methyl sites for hydroxylation is 1. The number of aromatic amines is 1. The van der Waals surface area contributed by atoms with E-state index in [1.807, 2.05) is 0 Å². The third-order valence-electron chi connectivity index (χ3n) is 2.06. The Morgan fingerprint density at radius 2 is 2.00 bits per heavy atom. The quantitative estimate of drug-likeness (QED) is 0.798. The number of H-pyrrole nitrogens is 1. The van der Waals surface area contributed by atoms with Gasteiger partial charge in [0.15, 0.2) is 0 Å². The monoisotopic (exact) mass is 227 g/mol. The van der Waals surface area contributed by atoms with Crippen molar-refractivity contribution in [1.29, 1.82) is 0 Å². The molecule has 5 heteroatoms. The van der Waals surface area contributed by atoms with Crippen molar-refractivity contribution in [2.45, 2.75) is 6.92 Å². The molecule has 2 rings (SSSR count). The van der Waals surface area contributed by atoms with Crippen LogP contribution < -0.4 is 4.87 Å². The lowest BCUT2D eigenvalue weighted by Gasteiger charge is -2.02. The molecular weight excluding hydrogens is 220 g/mol. The molecule has 0 bridgehead atoms. The molecule has 1 aromatic carbocycles. The van der Waals surface area contributed by atoms with E-state index in [0.717, 1.165) is 23.5 Å². The summed E-state index contributed by atoms with van der Waals surface area (Å²) < 4.78 is 26.6. The Kier molecular flexibility index (Phi) is 2.40. The second-order valence-electron chi connectivity index (χ2n) is 3.14. The van der Waals surface area contributed by atoms with Crippen LogP contribution in [0.2, 0.25) is 0 Å². The zero-order valence-electron chi connectivity index (χ0n) is 7.80. The number of rotatable bonds is 1. The van der Waals surface area contributed by atoms with E-state index in [1.54, 1.807) is 0 Å². The van der Waals surface area contributed by atoms with Crippen LogP contribution in [0.15, 0.2) is 22.3 Å². The molecule has 1 N–H and O–H groups in total. The summed E-state index contributed by atoms with van der Waals surface area (Å²) in [6.45, 7) is 1.48. The maximum Gasteiger partial charge on any atom is 0.304 e. The van der Waals surface area contributed by atoms with Crippen molar-refractivity contribution in [1.82, 2.24) is 4.98 Å². The number of benzene rings is 1. The van der Waals surface area contributed by atoms with E-state index in [9.17, 15) is 13.6 Å². The van der Waals surface area contributed by atoms with E-state index < -0.39 is 11.6 Å². The van der Waals surface area contributed by atoms with Gasteiger partial charge in [-0.2, -0.15) is 0 Å². The maximum absolute atomic E-state index is 13.4. The zero-order chi connectivity index (χ0) is 11.0. The summed E-state index contributed by atoms with van der Waals surface area (Å²) in [5, 5.41) is 1.47. The van der Waals surface area contributed by atoms with Gasteiger partial charge in [-0.3, -0.25) is 4.79 Å². The van der Waals surface area contributed by atoms with Crippen LogP contribution in [0.4, 0.5) is 8.78 Å². The second kappa shape index (κ2) is 3.58. The molecule has 0 amide bonds. The number of nitrogens with one attached hydrogen (secondary N) is 1. The van der Waals surface area contributed by atoms with E-state index >= 15 is 0 Å². The van der Waals surface area contributed by atoms with Gasteiger partial charge in [0, 0.05) is 10.9 Å². The van der Waals surface area contributed by atoms with Crippen LogP contribution in [0.5, 0.6) is 0 Å². The lowest BCUT2D eigenvalue weighted by molar-refractivity contribution is 0.595. The van der Waals surface area contributed by atoms with Gasteiger partial charge in [-0.25, -0.2) is 8.78 Å². The molecule has 0 saturated carbocycles. The van der Waals surface area contributed by atoms with Crippen molar-refractivity contribution < 1.29 is 8.78 Å². The average molecular weight is 227 g/mol. The Bertz CT molecular complexity index is 559. The molecule has 0 unspecified atom stereocenters. The lowest BCUT2D eigenvalue weighted by Crippen LogP contribution is -1.95. The Morgan fingerprint density at radius 1 is 1.27 bits per heavy atom. The van der Waals surface area contributed by atoms with E-state index in [0.29, 0.717) is 5.69 Å². The number of thiazole rings is 1. The Balaban J connectivity index is 2.63. The molecule has 0 spiro atoms. The van der Waals surface area contributed by atoms with E-state index in [2.05, 4.69) is 4.98 Å². The molecule has 0 radical (unpaired) electrons. The molecule has 0 aliphatic rings. The third kappa shape index (κ3) is 1.83. The van der Waals surface area contributed by atoms with Crippen molar-refractivity contribution in [3.8, 4) is 11.3 Å². The van der Waals surface area contributed by atoms with Gasteiger partial charge in [0.1, 0.15) is 11.6 Å². The Hall–Kier alpha value is -1.49. The summed E-state index contributed by atoms with van der Waals surface area (Å²) in [6.07, 6.45) is 0. The van der Waals surface area contributed by atoms with Gasteiger partial charge in [0.05, 0.1) is 5.69 Å². The van der Waals surface area contributed by atoms with Gasteiger partial charge < -0.3 is 4.98 Å². The zero-order valence-corrected chi connectivity index (χ0v) is 8.62. The molecule has 15 heavy (non-hydrogen) atoms. The van der Waals surface area contributed by atoms with Gasteiger partial charge in [-0.15, -0.1) is 0 Å². The van der Waals surface area contributed by atoms with Gasteiger partial charge >= 0.3 is 4.87 Å². The molecule has 0 aliphatic carbocycles. The summed E-state index contributed by atoms with van der Waals surface area (Å²) >= 11 is 0.918. The SMILES string of the molecule is Cc1cc(F)c(-c2csc(=O)[nH]2)cc1F. The second-order valence-corrected chi connectivity index (χ2v) is 3.99. The molecule has 1 heterocycles. The van der Waals surface area contributed by atoms with Crippen LogP contribution in [0.1, 0.15) is 5.56 Å². The smallest absolute Gasteiger partial charge is 0.304 e.